The van der Waals surface area contributed by atoms with E-state index in [2.05, 4.69) is 0 Å². The molecule has 0 bridgehead atoms. The first kappa shape index (κ1) is 8.24. The minimum atomic E-state index is 0.493. The fourth-order valence-corrected chi connectivity index (χ4v) is 0.429. The molecule has 0 spiro atoms. The maximum absolute atomic E-state index is 5.20. The van der Waals surface area contributed by atoms with Crippen LogP contribution in [-0.4, -0.2) is 0 Å². The van der Waals surface area contributed by atoms with E-state index in [9.17, 15) is 0 Å². The van der Waals surface area contributed by atoms with Crippen molar-refractivity contribution in [1.29, 1.82) is 0 Å². The van der Waals surface area contributed by atoms with E-state index in [0.717, 1.165) is 5.76 Å². The van der Waals surface area contributed by atoms with Crippen LogP contribution in [0.15, 0.2) is 22.8 Å². The molecule has 9 heavy (non-hydrogen) atoms. The van der Waals surface area contributed by atoms with E-state index < -0.39 is 0 Å². The summed E-state index contributed by atoms with van der Waals surface area (Å²) in [4.78, 5) is 0. The summed E-state index contributed by atoms with van der Waals surface area (Å²) in [5.41, 5.74) is 5.20. The van der Waals surface area contributed by atoms with Gasteiger partial charge < -0.3 is 10.2 Å². The normalized spacial score (nSPS) is 7.89. The second kappa shape index (κ2) is 5.38. The molecule has 1 heterocycles. The minimum Gasteiger partial charge on any atom is -0.468 e. The van der Waals surface area contributed by atoms with Crippen molar-refractivity contribution in [2.75, 3.05) is 0 Å². The molecule has 1 aromatic heterocycles. The third-order valence-electron chi connectivity index (χ3n) is 0.781. The Labute approximate surface area is 55.7 Å². The van der Waals surface area contributed by atoms with Crippen molar-refractivity contribution in [2.24, 2.45) is 5.73 Å². The van der Waals surface area contributed by atoms with Gasteiger partial charge in [0.25, 0.3) is 0 Å². The Bertz CT molecular complexity index is 123. The average molecular weight is 127 g/mol. The van der Waals surface area contributed by atoms with Gasteiger partial charge in [-0.3, -0.25) is 0 Å². The van der Waals surface area contributed by atoms with Crippen LogP contribution in [0.2, 0.25) is 0 Å². The van der Waals surface area contributed by atoms with Crippen molar-refractivity contribution in [1.82, 2.24) is 0 Å². The highest BCUT2D eigenvalue weighted by molar-refractivity contribution is 4.96. The summed E-state index contributed by atoms with van der Waals surface area (Å²) in [7, 11) is 0. The van der Waals surface area contributed by atoms with Crippen LogP contribution >= 0.6 is 0 Å². The summed E-state index contributed by atoms with van der Waals surface area (Å²) < 4.78 is 4.86. The molecule has 1 aromatic rings. The summed E-state index contributed by atoms with van der Waals surface area (Å²) in [5, 5.41) is 0. The van der Waals surface area contributed by atoms with Crippen LogP contribution in [0, 0.1) is 0 Å². The molecule has 2 heteroatoms. The highest BCUT2D eigenvalue weighted by atomic mass is 16.3. The van der Waals surface area contributed by atoms with E-state index >= 15 is 0 Å². The van der Waals surface area contributed by atoms with Crippen LogP contribution in [0.4, 0.5) is 0 Å². The smallest absolute Gasteiger partial charge is 0.117 e. The summed E-state index contributed by atoms with van der Waals surface area (Å²) >= 11 is 0. The van der Waals surface area contributed by atoms with Crippen LogP contribution in [0.1, 0.15) is 19.6 Å². The Balaban J connectivity index is 0.000000291. The lowest BCUT2D eigenvalue weighted by Gasteiger charge is -1.80. The van der Waals surface area contributed by atoms with E-state index in [1.807, 2.05) is 26.0 Å². The molecule has 0 atom stereocenters. The Morgan fingerprint density at radius 2 is 2.22 bits per heavy atom. The van der Waals surface area contributed by atoms with Gasteiger partial charge in [0.1, 0.15) is 5.76 Å². The zero-order valence-electron chi connectivity index (χ0n) is 5.92. The first-order valence-corrected chi connectivity index (χ1v) is 3.16. The lowest BCUT2D eigenvalue weighted by atomic mass is 10.5. The molecule has 0 aliphatic rings. The molecule has 0 fully saturated rings. The quantitative estimate of drug-likeness (QED) is 0.624. The number of furan rings is 1. The largest absolute Gasteiger partial charge is 0.468 e. The average Bonchev–Trinajstić information content (AvgIpc) is 2.43. The molecule has 2 nitrogen and oxygen atoms in total. The van der Waals surface area contributed by atoms with Crippen molar-refractivity contribution in [3.8, 4) is 0 Å². The number of nitrogens with two attached hydrogens (primary N) is 1. The van der Waals surface area contributed by atoms with Gasteiger partial charge in [-0.2, -0.15) is 0 Å². The SMILES string of the molecule is CC.NCc1ccco1. The second-order valence-electron chi connectivity index (χ2n) is 1.28. The molecule has 1 rings (SSSR count). The Hall–Kier alpha value is -0.760. The van der Waals surface area contributed by atoms with Gasteiger partial charge in [0.05, 0.1) is 12.8 Å². The summed E-state index contributed by atoms with van der Waals surface area (Å²) in [6.07, 6.45) is 1.61. The molecule has 0 saturated heterocycles. The highest BCUT2D eigenvalue weighted by Crippen LogP contribution is 1.95. The Morgan fingerprint density at radius 3 is 2.44 bits per heavy atom. The van der Waals surface area contributed by atoms with Crippen molar-refractivity contribution in [3.05, 3.63) is 24.2 Å². The maximum Gasteiger partial charge on any atom is 0.117 e. The molecule has 0 radical (unpaired) electrons. The number of hydrogen-bond acceptors (Lipinski definition) is 2. The van der Waals surface area contributed by atoms with Gasteiger partial charge in [-0.25, -0.2) is 0 Å². The topological polar surface area (TPSA) is 39.2 Å². The lowest BCUT2D eigenvalue weighted by Crippen LogP contribution is -1.92. The standard InChI is InChI=1S/C5H7NO.C2H6/c6-4-5-2-1-3-7-5;1-2/h1-3H,4,6H2;1-2H3. The Morgan fingerprint density at radius 1 is 1.56 bits per heavy atom. The molecular weight excluding hydrogens is 114 g/mol. The number of rotatable bonds is 1. The van der Waals surface area contributed by atoms with Gasteiger partial charge in [0, 0.05) is 0 Å². The molecule has 0 aliphatic heterocycles. The van der Waals surface area contributed by atoms with Gasteiger partial charge in [0.2, 0.25) is 0 Å². The lowest BCUT2D eigenvalue weighted by molar-refractivity contribution is 0.512. The molecule has 0 aliphatic carbocycles. The van der Waals surface area contributed by atoms with Crippen molar-refractivity contribution >= 4 is 0 Å². The first-order chi connectivity index (χ1) is 4.43. The van der Waals surface area contributed by atoms with Crippen LogP contribution in [0.3, 0.4) is 0 Å². The fourth-order valence-electron chi connectivity index (χ4n) is 0.429. The van der Waals surface area contributed by atoms with E-state index in [1.54, 1.807) is 6.26 Å². The van der Waals surface area contributed by atoms with E-state index in [-0.39, 0.29) is 0 Å². The zero-order chi connectivity index (χ0) is 7.11. The fraction of sp³-hybridized carbons (Fsp3) is 0.429. The molecule has 0 unspecified atom stereocenters. The second-order valence-corrected chi connectivity index (χ2v) is 1.28. The summed E-state index contributed by atoms with van der Waals surface area (Å²) in [5.74, 6) is 0.833. The first-order valence-electron chi connectivity index (χ1n) is 3.16. The van der Waals surface area contributed by atoms with Crippen LogP contribution in [0.5, 0.6) is 0 Å². The predicted molar refractivity (Wildman–Crippen MR) is 37.9 cm³/mol. The van der Waals surface area contributed by atoms with Crippen LogP contribution in [-0.2, 0) is 6.54 Å². The Kier molecular flexibility index (Phi) is 4.92. The number of hydrogen-bond donors (Lipinski definition) is 1. The molecule has 52 valence electrons. The molecule has 2 N–H and O–H groups in total. The van der Waals surface area contributed by atoms with Gasteiger partial charge in [0.15, 0.2) is 0 Å². The third-order valence-corrected chi connectivity index (χ3v) is 0.781. The highest BCUT2D eigenvalue weighted by Gasteiger charge is 1.84. The predicted octanol–water partition coefficient (Wildman–Crippen LogP) is 1.76. The van der Waals surface area contributed by atoms with Crippen molar-refractivity contribution in [3.63, 3.8) is 0 Å². The van der Waals surface area contributed by atoms with E-state index in [4.69, 9.17) is 10.2 Å². The minimum absolute atomic E-state index is 0.493. The monoisotopic (exact) mass is 127 g/mol. The van der Waals surface area contributed by atoms with Gasteiger partial charge in [-0.15, -0.1) is 0 Å². The molecule has 0 amide bonds. The summed E-state index contributed by atoms with van der Waals surface area (Å²) in [6.45, 7) is 4.49. The molecule has 0 aromatic carbocycles. The van der Waals surface area contributed by atoms with Gasteiger partial charge in [-0.05, 0) is 12.1 Å². The zero-order valence-corrected chi connectivity index (χ0v) is 5.92. The van der Waals surface area contributed by atoms with Crippen molar-refractivity contribution in [2.45, 2.75) is 20.4 Å². The third kappa shape index (κ3) is 2.93. The molecule has 0 saturated carbocycles. The summed E-state index contributed by atoms with van der Waals surface area (Å²) in [6, 6.07) is 3.67. The maximum atomic E-state index is 5.20. The van der Waals surface area contributed by atoms with E-state index in [0.29, 0.717) is 6.54 Å². The van der Waals surface area contributed by atoms with Gasteiger partial charge in [-0.1, -0.05) is 13.8 Å². The van der Waals surface area contributed by atoms with Crippen LogP contribution in [0.25, 0.3) is 0 Å². The van der Waals surface area contributed by atoms with Gasteiger partial charge >= 0.3 is 0 Å². The van der Waals surface area contributed by atoms with Crippen molar-refractivity contribution < 1.29 is 4.42 Å². The van der Waals surface area contributed by atoms with E-state index in [1.165, 1.54) is 0 Å². The van der Waals surface area contributed by atoms with Crippen LogP contribution < -0.4 is 5.73 Å². The molecular formula is C7H13NO.